The Morgan fingerprint density at radius 3 is 2.50 bits per heavy atom. The third-order valence-corrected chi connectivity index (χ3v) is 13.5. The summed E-state index contributed by atoms with van der Waals surface area (Å²) in [6, 6.07) is -0.898. The van der Waals surface area contributed by atoms with Crippen LogP contribution in [0.3, 0.4) is 0 Å². The number of likely N-dealkylation sites (tertiary alicyclic amines) is 2. The van der Waals surface area contributed by atoms with Gasteiger partial charge >= 0.3 is 0 Å². The normalized spacial score (nSPS) is 26.6. The predicted molar refractivity (Wildman–Crippen MR) is 198 cm³/mol. The molecule has 52 heavy (non-hydrogen) atoms. The Balaban J connectivity index is 1.13. The molecule has 7 rings (SSSR count). The number of aromatic nitrogens is 3. The Morgan fingerprint density at radius 1 is 1.04 bits per heavy atom. The topological polar surface area (TPSA) is 150 Å². The van der Waals surface area contributed by atoms with Crippen molar-refractivity contribution in [2.45, 2.75) is 84.3 Å². The molecule has 0 aromatic carbocycles. The van der Waals surface area contributed by atoms with Crippen LogP contribution in [0.4, 0.5) is 5.82 Å². The highest BCUT2D eigenvalue weighted by molar-refractivity contribution is 7.17. The van der Waals surface area contributed by atoms with Crippen LogP contribution < -0.4 is 10.2 Å². The summed E-state index contributed by atoms with van der Waals surface area (Å²) in [5.74, 6) is 0.0346. The Morgan fingerprint density at radius 2 is 1.81 bits per heavy atom. The van der Waals surface area contributed by atoms with Gasteiger partial charge in [-0.2, -0.15) is 0 Å². The van der Waals surface area contributed by atoms with Gasteiger partial charge in [0.25, 0.3) is 0 Å². The molecule has 5 atom stereocenters. The van der Waals surface area contributed by atoms with Gasteiger partial charge in [-0.3, -0.25) is 14.4 Å². The smallest absolute Gasteiger partial charge is 0.247 e. The van der Waals surface area contributed by atoms with Crippen LogP contribution in [0.25, 0.3) is 10.3 Å². The van der Waals surface area contributed by atoms with E-state index in [4.69, 9.17) is 9.47 Å². The minimum atomic E-state index is -0.898. The standard InChI is InChI=1S/C38H55N7O6S/c1-4-9-27(5-2)34(48)45-20-38(21-45)19-43(32-30-31(39-24-40-32)41-25-52-30)16-28(38)33(47)42-29(26(3)51-23-37(22-46)10-7-6-8-11-37)35(49)44-17-36(18-44)12-14-50-15-13-36/h6-7,24-29,46H,4-5,8-23H2,1-3H3,(H,42,47)/t26-,27?,28+,29+,37?/m1/s1. The number of hydrogen-bond donors (Lipinski definition) is 2. The van der Waals surface area contributed by atoms with Crippen molar-refractivity contribution in [2.24, 2.45) is 28.1 Å². The first kappa shape index (κ1) is 37.1. The monoisotopic (exact) mass is 737 g/mol. The molecule has 2 unspecified atom stereocenters. The molecule has 2 spiro atoms. The minimum absolute atomic E-state index is 0.00535. The molecular weight excluding hydrogens is 683 g/mol. The zero-order chi connectivity index (χ0) is 36.5. The lowest BCUT2D eigenvalue weighted by atomic mass is 9.70. The first-order chi connectivity index (χ1) is 25.1. The third-order valence-electron chi connectivity index (χ3n) is 12.7. The number of allylic oxidation sites excluding steroid dienone is 2. The maximum atomic E-state index is 14.7. The number of carbonyl (C=O) groups is 3. The van der Waals surface area contributed by atoms with Gasteiger partial charge in [0, 0.05) is 74.6 Å². The second-order valence-electron chi connectivity index (χ2n) is 16.3. The van der Waals surface area contributed by atoms with E-state index < -0.39 is 28.9 Å². The van der Waals surface area contributed by atoms with E-state index in [2.05, 4.69) is 51.2 Å². The minimum Gasteiger partial charge on any atom is -0.396 e. The van der Waals surface area contributed by atoms with Crippen LogP contribution in [0.1, 0.15) is 72.1 Å². The molecule has 4 saturated heterocycles. The second-order valence-corrected chi connectivity index (χ2v) is 17.1. The molecule has 4 fully saturated rings. The summed E-state index contributed by atoms with van der Waals surface area (Å²) in [7, 11) is 0. The average molecular weight is 738 g/mol. The average Bonchev–Trinajstić information content (AvgIpc) is 3.80. The van der Waals surface area contributed by atoms with Gasteiger partial charge in [0.2, 0.25) is 17.7 Å². The van der Waals surface area contributed by atoms with Gasteiger partial charge in [0.05, 0.1) is 30.7 Å². The van der Waals surface area contributed by atoms with Crippen LogP contribution in [0, 0.1) is 28.1 Å². The van der Waals surface area contributed by atoms with Crippen molar-refractivity contribution >= 4 is 45.2 Å². The molecule has 4 aliphatic heterocycles. The summed E-state index contributed by atoms with van der Waals surface area (Å²) >= 11 is 1.47. The van der Waals surface area contributed by atoms with Gasteiger partial charge in [0.15, 0.2) is 11.5 Å². The zero-order valence-corrected chi connectivity index (χ0v) is 31.7. The number of aliphatic hydroxyl groups is 1. The van der Waals surface area contributed by atoms with Crippen LogP contribution >= 0.6 is 11.3 Å². The number of carbonyl (C=O) groups excluding carboxylic acids is 3. The van der Waals surface area contributed by atoms with Crippen molar-refractivity contribution in [1.29, 1.82) is 0 Å². The zero-order valence-electron chi connectivity index (χ0n) is 30.9. The summed E-state index contributed by atoms with van der Waals surface area (Å²) in [6.45, 7) is 10.9. The number of amides is 3. The number of anilines is 1. The summed E-state index contributed by atoms with van der Waals surface area (Å²) < 4.78 is 12.9. The largest absolute Gasteiger partial charge is 0.396 e. The molecule has 284 valence electrons. The highest BCUT2D eigenvalue weighted by Gasteiger charge is 2.59. The number of rotatable bonds is 13. The highest BCUT2D eigenvalue weighted by Crippen LogP contribution is 2.47. The number of nitrogens with zero attached hydrogens (tertiary/aromatic N) is 6. The summed E-state index contributed by atoms with van der Waals surface area (Å²) in [5.41, 5.74) is 1.55. The molecule has 13 nitrogen and oxygen atoms in total. The molecule has 2 aromatic rings. The van der Waals surface area contributed by atoms with Gasteiger partial charge in [-0.05, 0) is 51.9 Å². The molecular formula is C38H55N7O6S. The van der Waals surface area contributed by atoms with Gasteiger partial charge in [0.1, 0.15) is 17.1 Å². The molecule has 3 amide bonds. The summed E-state index contributed by atoms with van der Waals surface area (Å²) in [4.78, 5) is 61.9. The molecule has 0 radical (unpaired) electrons. The number of thiazole rings is 1. The fourth-order valence-electron chi connectivity index (χ4n) is 9.24. The lowest BCUT2D eigenvalue weighted by Crippen LogP contribution is -2.67. The number of hydrogen-bond acceptors (Lipinski definition) is 11. The van der Waals surface area contributed by atoms with E-state index in [1.54, 1.807) is 5.51 Å². The van der Waals surface area contributed by atoms with Crippen molar-refractivity contribution in [3.63, 3.8) is 0 Å². The second kappa shape index (κ2) is 15.3. The lowest BCUT2D eigenvalue weighted by molar-refractivity contribution is -0.160. The van der Waals surface area contributed by atoms with Crippen LogP contribution in [0.2, 0.25) is 0 Å². The van der Waals surface area contributed by atoms with Crippen molar-refractivity contribution in [3.8, 4) is 0 Å². The van der Waals surface area contributed by atoms with Crippen molar-refractivity contribution in [3.05, 3.63) is 24.0 Å². The molecule has 6 heterocycles. The van der Waals surface area contributed by atoms with Gasteiger partial charge in [-0.15, -0.1) is 11.3 Å². The Labute approximate surface area is 310 Å². The Kier molecular flexibility index (Phi) is 10.9. The molecule has 0 saturated carbocycles. The van der Waals surface area contributed by atoms with Gasteiger partial charge in [-0.25, -0.2) is 15.0 Å². The van der Waals surface area contributed by atoms with Crippen LogP contribution in [0.5, 0.6) is 0 Å². The third kappa shape index (κ3) is 7.07. The van der Waals surface area contributed by atoms with E-state index in [9.17, 15) is 19.5 Å². The van der Waals surface area contributed by atoms with Gasteiger partial charge < -0.3 is 34.6 Å². The van der Waals surface area contributed by atoms with E-state index in [0.717, 1.165) is 55.5 Å². The van der Waals surface area contributed by atoms with E-state index in [1.165, 1.54) is 17.7 Å². The molecule has 2 aromatic heterocycles. The number of aliphatic hydroxyl groups excluding tert-OH is 1. The highest BCUT2D eigenvalue weighted by atomic mass is 32.1. The molecule has 14 heteroatoms. The number of fused-ring (bicyclic) bond motifs is 1. The van der Waals surface area contributed by atoms with Crippen LogP contribution in [-0.2, 0) is 23.9 Å². The predicted octanol–water partition coefficient (Wildman–Crippen LogP) is 3.43. The van der Waals surface area contributed by atoms with Crippen molar-refractivity contribution < 1.29 is 29.0 Å². The fourth-order valence-corrected chi connectivity index (χ4v) is 9.99. The number of nitrogens with one attached hydrogen (secondary N) is 1. The van der Waals surface area contributed by atoms with Crippen LogP contribution in [-0.4, -0.2) is 125 Å². The Hall–Kier alpha value is -3.20. The first-order valence-corrected chi connectivity index (χ1v) is 20.1. The van der Waals surface area contributed by atoms with Crippen molar-refractivity contribution in [2.75, 3.05) is 70.6 Å². The maximum Gasteiger partial charge on any atom is 0.247 e. The first-order valence-electron chi connectivity index (χ1n) is 19.3. The molecule has 0 bridgehead atoms. The van der Waals surface area contributed by atoms with Gasteiger partial charge in [-0.1, -0.05) is 32.4 Å². The molecule has 2 N–H and O–H groups in total. The van der Waals surface area contributed by atoms with E-state index in [0.29, 0.717) is 71.2 Å². The van der Waals surface area contributed by atoms with E-state index >= 15 is 0 Å². The molecule has 1 aliphatic carbocycles. The maximum absolute atomic E-state index is 14.7. The Bertz CT molecular complexity index is 1630. The summed E-state index contributed by atoms with van der Waals surface area (Å²) in [5, 5.41) is 13.6. The quantitative estimate of drug-likeness (QED) is 0.293. The van der Waals surface area contributed by atoms with Crippen LogP contribution in [0.15, 0.2) is 24.0 Å². The van der Waals surface area contributed by atoms with Crippen molar-refractivity contribution in [1.82, 2.24) is 30.1 Å². The van der Waals surface area contributed by atoms with E-state index in [1.807, 2.05) is 16.7 Å². The fraction of sp³-hybridized carbons (Fsp3) is 0.737. The SMILES string of the molecule is CCCC(CC)C(=O)N1CC2(C1)CN(c1ncnc3ncsc13)C[C@H]2C(=O)N[C@H](C(=O)N1CC2(CCOCC2)C1)[C@@H](C)OCC1(CO)CC=CCC1. The lowest BCUT2D eigenvalue weighted by Gasteiger charge is -2.53. The summed E-state index contributed by atoms with van der Waals surface area (Å²) in [6.07, 6.45) is 11.9. The van der Waals surface area contributed by atoms with E-state index in [-0.39, 0.29) is 35.7 Å². The number of ether oxygens (including phenoxy) is 2. The molecule has 5 aliphatic rings.